The molecule has 4 aromatic carbocycles. The minimum Gasteiger partial charge on any atom is -0.299 e. The van der Waals surface area contributed by atoms with Crippen LogP contribution in [0.2, 0.25) is 0 Å². The summed E-state index contributed by atoms with van der Waals surface area (Å²) in [6, 6.07) is 21.1. The number of aryl methyl sites for hydroxylation is 3. The molecule has 0 heterocycles. The first-order valence-electron chi connectivity index (χ1n) is 13.6. The van der Waals surface area contributed by atoms with E-state index in [0.717, 1.165) is 22.0 Å². The van der Waals surface area contributed by atoms with Gasteiger partial charge < -0.3 is 0 Å². The summed E-state index contributed by atoms with van der Waals surface area (Å²) in [5, 5.41) is 0. The van der Waals surface area contributed by atoms with Crippen molar-refractivity contribution < 1.29 is 34.8 Å². The van der Waals surface area contributed by atoms with Crippen molar-refractivity contribution in [1.82, 2.24) is 4.31 Å². The lowest BCUT2D eigenvalue weighted by Crippen LogP contribution is -2.31. The largest absolute Gasteiger partial charge is 0.416 e. The maximum atomic E-state index is 14.1. The second-order valence-electron chi connectivity index (χ2n) is 10.9. The number of ketones is 1. The van der Waals surface area contributed by atoms with Crippen molar-refractivity contribution >= 4 is 25.6 Å². The summed E-state index contributed by atoms with van der Waals surface area (Å²) < 4.78 is 94.8. The quantitative estimate of drug-likeness (QED) is 0.185. The number of halogens is 3. The zero-order valence-corrected chi connectivity index (χ0v) is 26.3. The Bertz CT molecular complexity index is 1890. The van der Waals surface area contributed by atoms with Crippen molar-refractivity contribution in [3.8, 4) is 11.1 Å². The molecule has 0 N–H and O–H groups in total. The van der Waals surface area contributed by atoms with E-state index in [9.17, 15) is 34.8 Å². The molecule has 6 nitrogen and oxygen atoms in total. The van der Waals surface area contributed by atoms with E-state index in [1.165, 1.54) is 31.2 Å². The first-order chi connectivity index (χ1) is 20.5. The number of sulfone groups is 1. The van der Waals surface area contributed by atoms with E-state index in [0.29, 0.717) is 27.8 Å². The Hall–Kier alpha value is -3.80. The number of benzene rings is 4. The minimum absolute atomic E-state index is 0.0106. The summed E-state index contributed by atoms with van der Waals surface area (Å²) >= 11 is 0. The molecule has 0 aliphatic rings. The van der Waals surface area contributed by atoms with Crippen LogP contribution in [0.4, 0.5) is 13.2 Å². The number of alkyl halides is 3. The van der Waals surface area contributed by atoms with Crippen molar-refractivity contribution in [3.05, 3.63) is 118 Å². The summed E-state index contributed by atoms with van der Waals surface area (Å²) in [5.74, 6) is -1.08. The Kier molecular flexibility index (Phi) is 9.53. The maximum absolute atomic E-state index is 14.1. The molecule has 0 amide bonds. The third-order valence-corrected chi connectivity index (χ3v) is 10.9. The molecule has 4 aromatic rings. The topological polar surface area (TPSA) is 88.6 Å². The third-order valence-electron chi connectivity index (χ3n) is 7.05. The van der Waals surface area contributed by atoms with Crippen LogP contribution in [0.25, 0.3) is 11.1 Å². The van der Waals surface area contributed by atoms with E-state index >= 15 is 0 Å². The highest BCUT2D eigenvalue weighted by Gasteiger charge is 2.32. The van der Waals surface area contributed by atoms with E-state index in [-0.39, 0.29) is 28.4 Å². The standard InChI is InChI=1S/C33H32F3NO5S2/c1-22-15-23(2)32(24(3)16-22)44(41,42)37(20-27-7-5-9-30(17-27)33(34,35)36)19-26-11-13-28(14-12-26)29-8-6-10-31(18-29)43(39,40)21-25(4)38/h5-18H,19-21H2,1-4H3. The molecular weight excluding hydrogens is 611 g/mol. The summed E-state index contributed by atoms with van der Waals surface area (Å²) in [4.78, 5) is 11.5. The second kappa shape index (κ2) is 12.7. The molecule has 0 aromatic heterocycles. The Morgan fingerprint density at radius 1 is 0.727 bits per heavy atom. The average Bonchev–Trinajstić information content (AvgIpc) is 2.91. The lowest BCUT2D eigenvalue weighted by molar-refractivity contribution is -0.137. The molecule has 0 unspecified atom stereocenters. The molecule has 0 bridgehead atoms. The molecular formula is C33H32F3NO5S2. The number of hydrogen-bond donors (Lipinski definition) is 0. The molecule has 44 heavy (non-hydrogen) atoms. The Morgan fingerprint density at radius 3 is 1.91 bits per heavy atom. The zero-order chi connectivity index (χ0) is 32.4. The number of carbonyl (C=O) groups is 1. The van der Waals surface area contributed by atoms with Gasteiger partial charge in [-0.3, -0.25) is 4.79 Å². The van der Waals surface area contributed by atoms with Crippen LogP contribution in [0.5, 0.6) is 0 Å². The molecule has 0 spiro atoms. The van der Waals surface area contributed by atoms with Gasteiger partial charge in [-0.2, -0.15) is 17.5 Å². The summed E-state index contributed by atoms with van der Waals surface area (Å²) in [6.45, 7) is 6.02. The summed E-state index contributed by atoms with van der Waals surface area (Å²) in [5.41, 5.74) is 3.09. The lowest BCUT2D eigenvalue weighted by Gasteiger charge is -2.25. The smallest absolute Gasteiger partial charge is 0.299 e. The van der Waals surface area contributed by atoms with Gasteiger partial charge in [-0.25, -0.2) is 16.8 Å². The monoisotopic (exact) mass is 643 g/mol. The maximum Gasteiger partial charge on any atom is 0.416 e. The van der Waals surface area contributed by atoms with E-state index in [4.69, 9.17) is 0 Å². The van der Waals surface area contributed by atoms with Crippen LogP contribution in [-0.2, 0) is 43.9 Å². The van der Waals surface area contributed by atoms with Gasteiger partial charge in [-0.1, -0.05) is 72.3 Å². The van der Waals surface area contributed by atoms with Crippen LogP contribution in [0.3, 0.4) is 0 Å². The van der Waals surface area contributed by atoms with Gasteiger partial charge in [0.25, 0.3) is 0 Å². The first-order valence-corrected chi connectivity index (χ1v) is 16.7. The SMILES string of the molecule is CC(=O)CS(=O)(=O)c1cccc(-c2ccc(CN(Cc3cccc(C(F)(F)F)c3)S(=O)(=O)c3c(C)cc(C)cc3C)cc2)c1. The van der Waals surface area contributed by atoms with Gasteiger partial charge in [0, 0.05) is 13.1 Å². The molecule has 11 heteroatoms. The highest BCUT2D eigenvalue weighted by atomic mass is 32.2. The molecule has 0 fully saturated rings. The van der Waals surface area contributed by atoms with E-state index in [1.807, 2.05) is 6.92 Å². The van der Waals surface area contributed by atoms with Gasteiger partial charge in [0.2, 0.25) is 10.0 Å². The second-order valence-corrected chi connectivity index (χ2v) is 14.7. The van der Waals surface area contributed by atoms with Crippen LogP contribution in [0, 0.1) is 20.8 Å². The molecule has 4 rings (SSSR count). The van der Waals surface area contributed by atoms with Crippen molar-refractivity contribution in [2.24, 2.45) is 0 Å². The fraction of sp³-hybridized carbons (Fsp3) is 0.242. The number of sulfonamides is 1. The zero-order valence-electron chi connectivity index (χ0n) is 24.6. The fourth-order valence-corrected chi connectivity index (χ4v) is 8.33. The van der Waals surface area contributed by atoms with Crippen molar-refractivity contribution in [2.75, 3.05) is 5.75 Å². The van der Waals surface area contributed by atoms with Gasteiger partial charge in [0.05, 0.1) is 15.4 Å². The number of nitrogens with zero attached hydrogens (tertiary/aromatic N) is 1. The van der Waals surface area contributed by atoms with Crippen LogP contribution in [0.1, 0.15) is 40.3 Å². The van der Waals surface area contributed by atoms with Crippen LogP contribution < -0.4 is 0 Å². The van der Waals surface area contributed by atoms with Crippen molar-refractivity contribution in [2.45, 2.75) is 56.8 Å². The van der Waals surface area contributed by atoms with Crippen LogP contribution in [-0.4, -0.2) is 32.7 Å². The summed E-state index contributed by atoms with van der Waals surface area (Å²) in [6.07, 6.45) is -4.58. The Labute approximate surface area is 256 Å². The number of rotatable bonds is 10. The van der Waals surface area contributed by atoms with Gasteiger partial charge in [-0.05, 0) is 79.3 Å². The van der Waals surface area contributed by atoms with Crippen molar-refractivity contribution in [3.63, 3.8) is 0 Å². The molecule has 0 aliphatic carbocycles. The Balaban J connectivity index is 1.71. The Morgan fingerprint density at radius 2 is 1.32 bits per heavy atom. The minimum atomic E-state index is -4.58. The highest BCUT2D eigenvalue weighted by molar-refractivity contribution is 7.92. The van der Waals surface area contributed by atoms with Crippen LogP contribution >= 0.6 is 0 Å². The first kappa shape index (κ1) is 33.1. The van der Waals surface area contributed by atoms with E-state index in [2.05, 4.69) is 0 Å². The average molecular weight is 644 g/mol. The number of hydrogen-bond acceptors (Lipinski definition) is 5. The van der Waals surface area contributed by atoms with Gasteiger partial charge in [0.1, 0.15) is 11.5 Å². The fourth-order valence-electron chi connectivity index (χ4n) is 5.20. The molecule has 0 aliphatic heterocycles. The highest BCUT2D eigenvalue weighted by Crippen LogP contribution is 2.32. The van der Waals surface area contributed by atoms with Gasteiger partial charge in [0.15, 0.2) is 9.84 Å². The molecule has 232 valence electrons. The molecule has 0 radical (unpaired) electrons. The van der Waals surface area contributed by atoms with Gasteiger partial charge in [-0.15, -0.1) is 0 Å². The van der Waals surface area contributed by atoms with E-state index in [1.54, 1.807) is 62.4 Å². The lowest BCUT2D eigenvalue weighted by atomic mass is 10.0. The predicted octanol–water partition coefficient (Wildman–Crippen LogP) is 7.05. The number of carbonyl (C=O) groups excluding carboxylic acids is 1. The molecule has 0 saturated carbocycles. The van der Waals surface area contributed by atoms with Gasteiger partial charge >= 0.3 is 6.18 Å². The van der Waals surface area contributed by atoms with E-state index < -0.39 is 43.1 Å². The normalized spacial score (nSPS) is 12.5. The van der Waals surface area contributed by atoms with Crippen LogP contribution in [0.15, 0.2) is 94.7 Å². The molecule has 0 atom stereocenters. The summed E-state index contributed by atoms with van der Waals surface area (Å²) in [7, 11) is -7.96. The number of Topliss-reactive ketones (excluding diaryl/α,β-unsaturated/α-hetero) is 1. The molecule has 0 saturated heterocycles. The predicted molar refractivity (Wildman–Crippen MR) is 163 cm³/mol. The van der Waals surface area contributed by atoms with Crippen molar-refractivity contribution in [1.29, 1.82) is 0 Å². The third kappa shape index (κ3) is 7.64.